The number of aryl methyl sites for hydroxylation is 1. The van der Waals surface area contributed by atoms with Gasteiger partial charge in [-0.15, -0.1) is 11.3 Å². The molecule has 0 amide bonds. The minimum absolute atomic E-state index is 0.530. The largest absolute Gasteiger partial charge is 0.486 e. The van der Waals surface area contributed by atoms with E-state index in [-0.39, 0.29) is 0 Å². The van der Waals surface area contributed by atoms with E-state index in [2.05, 4.69) is 30.6 Å². The topological polar surface area (TPSA) is 22.1 Å². The molecule has 2 rings (SSSR count). The second-order valence-electron chi connectivity index (χ2n) is 3.48. The van der Waals surface area contributed by atoms with Gasteiger partial charge in [0.15, 0.2) is 0 Å². The van der Waals surface area contributed by atoms with Crippen molar-refractivity contribution in [3.63, 3.8) is 0 Å². The molecule has 0 spiro atoms. The number of ether oxygens (including phenoxy) is 1. The minimum atomic E-state index is 0.530. The van der Waals surface area contributed by atoms with Crippen molar-refractivity contribution in [1.82, 2.24) is 4.98 Å². The Kier molecular flexibility index (Phi) is 3.85. The Balaban J connectivity index is 1.96. The number of nitrogens with zero attached hydrogens (tertiary/aromatic N) is 1. The third-order valence-electron chi connectivity index (χ3n) is 2.11. The SMILES string of the molecule is Cc1cccc(OCc2ncc(CS)s2)c1. The molecule has 1 heterocycles. The highest BCUT2D eigenvalue weighted by Gasteiger charge is 2.01. The summed E-state index contributed by atoms with van der Waals surface area (Å²) in [6, 6.07) is 8.02. The smallest absolute Gasteiger partial charge is 0.140 e. The first-order valence-corrected chi connectivity index (χ1v) is 6.47. The molecule has 84 valence electrons. The number of rotatable bonds is 4. The van der Waals surface area contributed by atoms with Gasteiger partial charge in [-0.1, -0.05) is 12.1 Å². The van der Waals surface area contributed by atoms with Crippen molar-refractivity contribution in [2.24, 2.45) is 0 Å². The van der Waals surface area contributed by atoms with E-state index in [0.29, 0.717) is 6.61 Å². The van der Waals surface area contributed by atoms with E-state index >= 15 is 0 Å². The first kappa shape index (κ1) is 11.5. The molecule has 0 atom stereocenters. The molecule has 0 unspecified atom stereocenters. The average Bonchev–Trinajstić information content (AvgIpc) is 2.74. The summed E-state index contributed by atoms with van der Waals surface area (Å²) in [6.07, 6.45) is 1.85. The quantitative estimate of drug-likeness (QED) is 0.841. The summed E-state index contributed by atoms with van der Waals surface area (Å²) < 4.78 is 5.65. The van der Waals surface area contributed by atoms with Crippen molar-refractivity contribution in [1.29, 1.82) is 0 Å². The summed E-state index contributed by atoms with van der Waals surface area (Å²) >= 11 is 5.85. The van der Waals surface area contributed by atoms with E-state index in [4.69, 9.17) is 4.74 Å². The van der Waals surface area contributed by atoms with Gasteiger partial charge in [0.25, 0.3) is 0 Å². The normalized spacial score (nSPS) is 10.4. The number of aromatic nitrogens is 1. The fraction of sp³-hybridized carbons (Fsp3) is 0.250. The van der Waals surface area contributed by atoms with Crippen LogP contribution in [0.15, 0.2) is 30.5 Å². The van der Waals surface area contributed by atoms with Gasteiger partial charge in [-0.3, -0.25) is 0 Å². The first-order valence-electron chi connectivity index (χ1n) is 5.02. The molecule has 0 bridgehead atoms. The van der Waals surface area contributed by atoms with Crippen molar-refractivity contribution in [2.75, 3.05) is 0 Å². The van der Waals surface area contributed by atoms with Crippen LogP contribution in [0.4, 0.5) is 0 Å². The van der Waals surface area contributed by atoms with Crippen LogP contribution in [0.1, 0.15) is 15.4 Å². The van der Waals surface area contributed by atoms with Gasteiger partial charge in [0.05, 0.1) is 0 Å². The van der Waals surface area contributed by atoms with Crippen LogP contribution in [0.2, 0.25) is 0 Å². The van der Waals surface area contributed by atoms with Crippen LogP contribution in [0.25, 0.3) is 0 Å². The monoisotopic (exact) mass is 251 g/mol. The fourth-order valence-electron chi connectivity index (χ4n) is 1.34. The second-order valence-corrected chi connectivity index (χ2v) is 5.00. The maximum Gasteiger partial charge on any atom is 0.140 e. The summed E-state index contributed by atoms with van der Waals surface area (Å²) in [4.78, 5) is 5.44. The van der Waals surface area contributed by atoms with E-state index in [1.807, 2.05) is 24.4 Å². The summed E-state index contributed by atoms with van der Waals surface area (Å²) in [5, 5.41) is 0.991. The second kappa shape index (κ2) is 5.37. The van der Waals surface area contributed by atoms with Crippen molar-refractivity contribution in [3.05, 3.63) is 45.9 Å². The van der Waals surface area contributed by atoms with Crippen LogP contribution >= 0.6 is 24.0 Å². The molecule has 1 aromatic heterocycles. The van der Waals surface area contributed by atoms with Crippen LogP contribution in [0, 0.1) is 6.92 Å². The first-order chi connectivity index (χ1) is 7.78. The number of benzene rings is 1. The molecule has 0 fully saturated rings. The third kappa shape index (κ3) is 3.00. The van der Waals surface area contributed by atoms with Crippen LogP contribution in [0.3, 0.4) is 0 Å². The van der Waals surface area contributed by atoms with Gasteiger partial charge in [-0.2, -0.15) is 12.6 Å². The summed E-state index contributed by atoms with van der Waals surface area (Å²) in [7, 11) is 0. The minimum Gasteiger partial charge on any atom is -0.486 e. The lowest BCUT2D eigenvalue weighted by molar-refractivity contribution is 0.305. The summed E-state index contributed by atoms with van der Waals surface area (Å²) in [5.74, 6) is 1.63. The Hall–Kier alpha value is -1.000. The molecular weight excluding hydrogens is 238 g/mol. The van der Waals surface area contributed by atoms with E-state index in [0.717, 1.165) is 16.5 Å². The molecule has 0 radical (unpaired) electrons. The maximum atomic E-state index is 5.65. The van der Waals surface area contributed by atoms with Gasteiger partial charge in [-0.25, -0.2) is 4.98 Å². The van der Waals surface area contributed by atoms with Gasteiger partial charge < -0.3 is 4.74 Å². The van der Waals surface area contributed by atoms with E-state index in [1.165, 1.54) is 10.4 Å². The number of thiazole rings is 1. The Labute approximate surface area is 105 Å². The Morgan fingerprint density at radius 2 is 2.31 bits per heavy atom. The van der Waals surface area contributed by atoms with Gasteiger partial charge in [0.1, 0.15) is 17.4 Å². The zero-order chi connectivity index (χ0) is 11.4. The van der Waals surface area contributed by atoms with Crippen LogP contribution in [0.5, 0.6) is 5.75 Å². The number of thiol groups is 1. The standard InChI is InChI=1S/C12H13NOS2/c1-9-3-2-4-10(5-9)14-7-12-13-6-11(8-15)16-12/h2-6,15H,7-8H2,1H3. The zero-order valence-corrected chi connectivity index (χ0v) is 10.7. The van der Waals surface area contributed by atoms with Crippen molar-refractivity contribution < 1.29 is 4.74 Å². The number of hydrogen-bond acceptors (Lipinski definition) is 4. The highest BCUT2D eigenvalue weighted by molar-refractivity contribution is 7.79. The Morgan fingerprint density at radius 1 is 1.44 bits per heavy atom. The molecule has 16 heavy (non-hydrogen) atoms. The number of hydrogen-bond donors (Lipinski definition) is 1. The highest BCUT2D eigenvalue weighted by Crippen LogP contribution is 2.18. The molecule has 0 saturated heterocycles. The predicted molar refractivity (Wildman–Crippen MR) is 70.3 cm³/mol. The third-order valence-corrected chi connectivity index (χ3v) is 3.63. The lowest BCUT2D eigenvalue weighted by Gasteiger charge is -2.04. The molecule has 0 aliphatic heterocycles. The highest BCUT2D eigenvalue weighted by atomic mass is 32.1. The lowest BCUT2D eigenvalue weighted by Crippen LogP contribution is -1.94. The summed E-state index contributed by atoms with van der Waals surface area (Å²) in [5.41, 5.74) is 1.20. The molecule has 2 aromatic rings. The summed E-state index contributed by atoms with van der Waals surface area (Å²) in [6.45, 7) is 2.58. The zero-order valence-electron chi connectivity index (χ0n) is 9.01. The average molecular weight is 251 g/mol. The van der Waals surface area contributed by atoms with Crippen LogP contribution < -0.4 is 4.74 Å². The van der Waals surface area contributed by atoms with Crippen molar-refractivity contribution in [2.45, 2.75) is 19.3 Å². The van der Waals surface area contributed by atoms with E-state index in [9.17, 15) is 0 Å². The van der Waals surface area contributed by atoms with Gasteiger partial charge in [0, 0.05) is 16.8 Å². The molecule has 0 saturated carbocycles. The van der Waals surface area contributed by atoms with Crippen LogP contribution in [-0.2, 0) is 12.4 Å². The molecular formula is C12H13NOS2. The molecule has 1 aromatic carbocycles. The maximum absolute atomic E-state index is 5.65. The molecule has 0 N–H and O–H groups in total. The molecule has 0 aliphatic carbocycles. The van der Waals surface area contributed by atoms with E-state index in [1.54, 1.807) is 11.3 Å². The predicted octanol–water partition coefficient (Wildman–Crippen LogP) is 3.46. The van der Waals surface area contributed by atoms with Gasteiger partial charge in [0.2, 0.25) is 0 Å². The van der Waals surface area contributed by atoms with Crippen molar-refractivity contribution in [3.8, 4) is 5.75 Å². The van der Waals surface area contributed by atoms with Crippen molar-refractivity contribution >= 4 is 24.0 Å². The Morgan fingerprint density at radius 3 is 3.00 bits per heavy atom. The molecule has 2 nitrogen and oxygen atoms in total. The fourth-order valence-corrected chi connectivity index (χ4v) is 2.31. The Bertz CT molecular complexity index is 468. The lowest BCUT2D eigenvalue weighted by atomic mass is 10.2. The van der Waals surface area contributed by atoms with E-state index < -0.39 is 0 Å². The van der Waals surface area contributed by atoms with Gasteiger partial charge >= 0.3 is 0 Å². The molecule has 0 aliphatic rings. The van der Waals surface area contributed by atoms with Crippen LogP contribution in [-0.4, -0.2) is 4.98 Å². The molecule has 4 heteroatoms. The van der Waals surface area contributed by atoms with Gasteiger partial charge in [-0.05, 0) is 24.6 Å².